The van der Waals surface area contributed by atoms with Gasteiger partial charge in [-0.25, -0.2) is 9.59 Å². The van der Waals surface area contributed by atoms with Crippen LogP contribution in [0.4, 0.5) is 4.79 Å². The molecule has 0 heterocycles. The molecular weight excluding hydrogens is 436 g/mol. The van der Waals surface area contributed by atoms with E-state index in [-0.39, 0.29) is 12.5 Å². The zero-order chi connectivity index (χ0) is 24.3. The number of hydrogen-bond donors (Lipinski definition) is 4. The quantitative estimate of drug-likeness (QED) is 0.497. The van der Waals surface area contributed by atoms with Crippen molar-refractivity contribution in [3.63, 3.8) is 0 Å². The maximum absolute atomic E-state index is 12.9. The smallest absolute Gasteiger partial charge is 0.407 e. The molecule has 2 aromatic rings. The van der Waals surface area contributed by atoms with Crippen LogP contribution in [0.15, 0.2) is 48.5 Å². The van der Waals surface area contributed by atoms with Crippen molar-refractivity contribution in [3.05, 3.63) is 59.7 Å². The van der Waals surface area contributed by atoms with Crippen LogP contribution in [0.5, 0.6) is 0 Å². The topological polar surface area (TPSA) is 125 Å². The standard InChI is InChI=1S/C26H30N2O6/c1-26(13-7-6-12-21(26)23(30)27-22(14-29)24(31)32)28-25(33)34-15-20-18-10-4-2-8-16(18)17-9-3-5-11-19(17)20/h2-5,8-11,20-22,29H,6-7,12-15H2,1H3,(H,27,30)(H,28,33)(H,31,32). The van der Waals surface area contributed by atoms with Gasteiger partial charge in [0.25, 0.3) is 0 Å². The number of carbonyl (C=O) groups is 3. The van der Waals surface area contributed by atoms with Crippen LogP contribution in [-0.2, 0) is 14.3 Å². The molecule has 8 nitrogen and oxygen atoms in total. The van der Waals surface area contributed by atoms with Gasteiger partial charge in [-0.3, -0.25) is 4.79 Å². The molecule has 1 fully saturated rings. The number of aliphatic hydroxyl groups is 1. The molecule has 2 aliphatic rings. The number of aliphatic carboxylic acids is 1. The SMILES string of the molecule is CC1(NC(=O)OCC2c3ccccc3-c3ccccc32)CCCCC1C(=O)NC(CO)C(=O)O. The van der Waals surface area contributed by atoms with Crippen molar-refractivity contribution < 1.29 is 29.3 Å². The zero-order valence-corrected chi connectivity index (χ0v) is 19.1. The van der Waals surface area contributed by atoms with E-state index in [4.69, 9.17) is 9.84 Å². The highest BCUT2D eigenvalue weighted by atomic mass is 16.5. The van der Waals surface area contributed by atoms with Crippen molar-refractivity contribution in [2.24, 2.45) is 5.92 Å². The van der Waals surface area contributed by atoms with Gasteiger partial charge in [0.05, 0.1) is 18.1 Å². The first-order chi connectivity index (χ1) is 16.3. The first kappa shape index (κ1) is 23.8. The van der Waals surface area contributed by atoms with Crippen LogP contribution < -0.4 is 10.6 Å². The van der Waals surface area contributed by atoms with Gasteiger partial charge in [-0.1, -0.05) is 61.4 Å². The second-order valence-electron chi connectivity index (χ2n) is 9.25. The molecule has 3 unspecified atom stereocenters. The summed E-state index contributed by atoms with van der Waals surface area (Å²) >= 11 is 0. The first-order valence-corrected chi connectivity index (χ1v) is 11.6. The summed E-state index contributed by atoms with van der Waals surface area (Å²) in [4.78, 5) is 36.9. The third kappa shape index (κ3) is 4.63. The summed E-state index contributed by atoms with van der Waals surface area (Å²) in [5.41, 5.74) is 3.62. The summed E-state index contributed by atoms with van der Waals surface area (Å²) in [7, 11) is 0. The molecule has 180 valence electrons. The minimum absolute atomic E-state index is 0.0720. The van der Waals surface area contributed by atoms with Crippen LogP contribution >= 0.6 is 0 Å². The largest absolute Gasteiger partial charge is 0.480 e. The number of rotatable bonds is 7. The number of carboxylic acid groups (broad SMARTS) is 1. The number of alkyl carbamates (subject to hydrolysis) is 1. The first-order valence-electron chi connectivity index (χ1n) is 11.6. The molecule has 0 saturated heterocycles. The van der Waals surface area contributed by atoms with E-state index in [1.807, 2.05) is 36.4 Å². The molecule has 2 aromatic carbocycles. The predicted molar refractivity (Wildman–Crippen MR) is 125 cm³/mol. The number of nitrogens with one attached hydrogen (secondary N) is 2. The lowest BCUT2D eigenvalue weighted by atomic mass is 9.73. The highest BCUT2D eigenvalue weighted by Gasteiger charge is 2.43. The fourth-order valence-electron chi connectivity index (χ4n) is 5.23. The van der Waals surface area contributed by atoms with Crippen LogP contribution in [-0.4, -0.2) is 53.0 Å². The maximum atomic E-state index is 12.9. The fraction of sp³-hybridized carbons (Fsp3) is 0.423. The molecule has 34 heavy (non-hydrogen) atoms. The number of benzene rings is 2. The average molecular weight is 467 g/mol. The van der Waals surface area contributed by atoms with Crippen molar-refractivity contribution in [2.45, 2.75) is 50.1 Å². The van der Waals surface area contributed by atoms with E-state index in [1.165, 1.54) is 0 Å². The van der Waals surface area contributed by atoms with E-state index in [0.717, 1.165) is 35.1 Å². The van der Waals surface area contributed by atoms with Crippen LogP contribution in [0.1, 0.15) is 49.7 Å². The lowest BCUT2D eigenvalue weighted by Gasteiger charge is -2.41. The molecule has 2 aliphatic carbocycles. The van der Waals surface area contributed by atoms with Crippen LogP contribution in [0.3, 0.4) is 0 Å². The normalized spacial score (nSPS) is 22.2. The molecule has 4 N–H and O–H groups in total. The lowest BCUT2D eigenvalue weighted by Crippen LogP contribution is -2.59. The van der Waals surface area contributed by atoms with E-state index in [2.05, 4.69) is 22.8 Å². The van der Waals surface area contributed by atoms with Crippen molar-refractivity contribution in [1.29, 1.82) is 0 Å². The van der Waals surface area contributed by atoms with Gasteiger partial charge in [0.2, 0.25) is 5.91 Å². The van der Waals surface area contributed by atoms with E-state index < -0.39 is 42.1 Å². The number of ether oxygens (including phenoxy) is 1. The Morgan fingerprint density at radius 2 is 1.68 bits per heavy atom. The summed E-state index contributed by atoms with van der Waals surface area (Å²) in [5.74, 6) is -2.51. The molecule has 4 rings (SSSR count). The van der Waals surface area contributed by atoms with Crippen molar-refractivity contribution in [1.82, 2.24) is 10.6 Å². The Kier molecular flexibility index (Phi) is 6.88. The second kappa shape index (κ2) is 9.85. The van der Waals surface area contributed by atoms with E-state index >= 15 is 0 Å². The number of fused-ring (bicyclic) bond motifs is 3. The molecule has 0 aromatic heterocycles. The number of hydrogen-bond acceptors (Lipinski definition) is 5. The van der Waals surface area contributed by atoms with Gasteiger partial charge < -0.3 is 25.6 Å². The number of amides is 2. The Morgan fingerprint density at radius 3 is 2.26 bits per heavy atom. The minimum Gasteiger partial charge on any atom is -0.480 e. The summed E-state index contributed by atoms with van der Waals surface area (Å²) < 4.78 is 5.66. The third-order valence-corrected chi connectivity index (χ3v) is 7.05. The maximum Gasteiger partial charge on any atom is 0.407 e. The van der Waals surface area contributed by atoms with Gasteiger partial charge in [0.15, 0.2) is 0 Å². The van der Waals surface area contributed by atoms with Crippen molar-refractivity contribution in [2.75, 3.05) is 13.2 Å². The molecule has 0 radical (unpaired) electrons. The summed E-state index contributed by atoms with van der Waals surface area (Å²) in [6, 6.07) is 14.8. The Balaban J connectivity index is 1.43. The van der Waals surface area contributed by atoms with Gasteiger partial charge in [0.1, 0.15) is 12.6 Å². The van der Waals surface area contributed by atoms with E-state index in [9.17, 15) is 19.5 Å². The Hall–Kier alpha value is -3.39. The molecule has 0 spiro atoms. The predicted octanol–water partition coefficient (Wildman–Crippen LogP) is 3.04. The van der Waals surface area contributed by atoms with E-state index in [1.54, 1.807) is 6.92 Å². The van der Waals surface area contributed by atoms with Gasteiger partial charge >= 0.3 is 12.1 Å². The van der Waals surface area contributed by atoms with Gasteiger partial charge in [-0.15, -0.1) is 0 Å². The second-order valence-corrected chi connectivity index (χ2v) is 9.25. The summed E-state index contributed by atoms with van der Waals surface area (Å²) in [6.07, 6.45) is 2.07. The van der Waals surface area contributed by atoms with Crippen LogP contribution in [0, 0.1) is 5.92 Å². The van der Waals surface area contributed by atoms with E-state index in [0.29, 0.717) is 12.8 Å². The highest BCUT2D eigenvalue weighted by Crippen LogP contribution is 2.44. The molecule has 8 heteroatoms. The summed E-state index contributed by atoms with van der Waals surface area (Å²) in [6.45, 7) is 1.25. The van der Waals surface area contributed by atoms with Crippen molar-refractivity contribution >= 4 is 18.0 Å². The molecule has 0 aliphatic heterocycles. The Morgan fingerprint density at radius 1 is 1.06 bits per heavy atom. The van der Waals surface area contributed by atoms with Crippen LogP contribution in [0.2, 0.25) is 0 Å². The van der Waals surface area contributed by atoms with Gasteiger partial charge in [0, 0.05) is 5.92 Å². The molecule has 0 bridgehead atoms. The molecule has 1 saturated carbocycles. The lowest BCUT2D eigenvalue weighted by molar-refractivity contribution is -0.144. The monoisotopic (exact) mass is 466 g/mol. The summed E-state index contributed by atoms with van der Waals surface area (Å²) in [5, 5.41) is 23.7. The van der Waals surface area contributed by atoms with Crippen molar-refractivity contribution in [3.8, 4) is 11.1 Å². The number of aliphatic hydroxyl groups excluding tert-OH is 1. The molecule has 2 amide bonds. The number of carbonyl (C=O) groups excluding carboxylic acids is 2. The fourth-order valence-corrected chi connectivity index (χ4v) is 5.23. The highest BCUT2D eigenvalue weighted by molar-refractivity contribution is 5.86. The molecule has 3 atom stereocenters. The Labute approximate surface area is 198 Å². The van der Waals surface area contributed by atoms with Gasteiger partial charge in [-0.05, 0) is 42.0 Å². The molecular formula is C26H30N2O6. The number of carboxylic acids is 1. The third-order valence-electron chi connectivity index (χ3n) is 7.05. The Bertz CT molecular complexity index is 1040. The van der Waals surface area contributed by atoms with Gasteiger partial charge in [-0.2, -0.15) is 0 Å². The zero-order valence-electron chi connectivity index (χ0n) is 19.1. The van der Waals surface area contributed by atoms with Crippen LogP contribution in [0.25, 0.3) is 11.1 Å². The minimum atomic E-state index is -1.38. The average Bonchev–Trinajstić information content (AvgIpc) is 3.14.